The maximum atomic E-state index is 13.0. The topological polar surface area (TPSA) is 60.9 Å². The standard InChI is InChI=1S/C15H16FN3OS/c1-2-3-8-19-15(20)12(14(17)21)9-13(18-19)10-4-6-11(16)7-5-10/h4-7,9H,2-3,8H2,1H3,(H2,17,21). The van der Waals surface area contributed by atoms with Crippen molar-refractivity contribution < 1.29 is 4.39 Å². The fourth-order valence-corrected chi connectivity index (χ4v) is 2.09. The van der Waals surface area contributed by atoms with E-state index in [2.05, 4.69) is 5.10 Å². The first-order valence-electron chi connectivity index (χ1n) is 6.71. The van der Waals surface area contributed by atoms with E-state index in [0.717, 1.165) is 12.8 Å². The number of unbranched alkanes of at least 4 members (excludes halogenated alkanes) is 1. The molecule has 0 bridgehead atoms. The van der Waals surface area contributed by atoms with E-state index >= 15 is 0 Å². The summed E-state index contributed by atoms with van der Waals surface area (Å²) in [6, 6.07) is 7.46. The Labute approximate surface area is 127 Å². The molecule has 2 rings (SSSR count). The van der Waals surface area contributed by atoms with Gasteiger partial charge in [-0.05, 0) is 36.8 Å². The van der Waals surface area contributed by atoms with Gasteiger partial charge in [-0.1, -0.05) is 25.6 Å². The maximum Gasteiger partial charge on any atom is 0.277 e. The van der Waals surface area contributed by atoms with Crippen LogP contribution in [0.5, 0.6) is 0 Å². The molecule has 2 N–H and O–H groups in total. The number of aryl methyl sites for hydroxylation is 1. The molecule has 21 heavy (non-hydrogen) atoms. The highest BCUT2D eigenvalue weighted by Crippen LogP contribution is 2.17. The van der Waals surface area contributed by atoms with Crippen LogP contribution < -0.4 is 11.3 Å². The van der Waals surface area contributed by atoms with Gasteiger partial charge in [-0.3, -0.25) is 4.79 Å². The van der Waals surface area contributed by atoms with Gasteiger partial charge in [0.2, 0.25) is 0 Å². The summed E-state index contributed by atoms with van der Waals surface area (Å²) in [4.78, 5) is 12.3. The van der Waals surface area contributed by atoms with Crippen molar-refractivity contribution in [1.82, 2.24) is 9.78 Å². The first-order chi connectivity index (χ1) is 10.0. The van der Waals surface area contributed by atoms with Gasteiger partial charge in [0, 0.05) is 12.1 Å². The van der Waals surface area contributed by atoms with Gasteiger partial charge in [-0.15, -0.1) is 0 Å². The van der Waals surface area contributed by atoms with Crippen LogP contribution in [0.25, 0.3) is 11.3 Å². The molecule has 0 aliphatic carbocycles. The largest absolute Gasteiger partial charge is 0.389 e. The number of hydrogen-bond donors (Lipinski definition) is 1. The molecule has 6 heteroatoms. The summed E-state index contributed by atoms with van der Waals surface area (Å²) < 4.78 is 14.4. The first kappa shape index (κ1) is 15.3. The van der Waals surface area contributed by atoms with E-state index in [0.29, 0.717) is 17.8 Å². The van der Waals surface area contributed by atoms with Crippen LogP contribution in [0.15, 0.2) is 35.1 Å². The van der Waals surface area contributed by atoms with Crippen molar-refractivity contribution in [2.24, 2.45) is 5.73 Å². The second kappa shape index (κ2) is 6.58. The third-order valence-corrected chi connectivity index (χ3v) is 3.32. The van der Waals surface area contributed by atoms with E-state index < -0.39 is 0 Å². The Kier molecular flexibility index (Phi) is 4.80. The summed E-state index contributed by atoms with van der Waals surface area (Å²) in [5.74, 6) is -0.326. The van der Waals surface area contributed by atoms with Crippen LogP contribution in [0.4, 0.5) is 4.39 Å². The van der Waals surface area contributed by atoms with Gasteiger partial charge >= 0.3 is 0 Å². The number of thiocarbonyl (C=S) groups is 1. The van der Waals surface area contributed by atoms with Crippen LogP contribution in [0.3, 0.4) is 0 Å². The number of nitrogens with zero attached hydrogens (tertiary/aromatic N) is 2. The van der Waals surface area contributed by atoms with Crippen LogP contribution in [-0.2, 0) is 6.54 Å². The minimum atomic E-state index is -0.326. The number of halogens is 1. The number of hydrogen-bond acceptors (Lipinski definition) is 3. The van der Waals surface area contributed by atoms with Crippen LogP contribution >= 0.6 is 12.2 Å². The molecule has 4 nitrogen and oxygen atoms in total. The Hall–Kier alpha value is -2.08. The molecule has 1 aromatic heterocycles. The zero-order valence-electron chi connectivity index (χ0n) is 11.7. The normalized spacial score (nSPS) is 10.6. The first-order valence-corrected chi connectivity index (χ1v) is 7.11. The lowest BCUT2D eigenvalue weighted by atomic mass is 10.1. The lowest BCUT2D eigenvalue weighted by Gasteiger charge is -2.10. The Balaban J connectivity index is 2.55. The van der Waals surface area contributed by atoms with Crippen molar-refractivity contribution in [3.8, 4) is 11.3 Å². The quantitative estimate of drug-likeness (QED) is 0.862. The second-order valence-electron chi connectivity index (χ2n) is 4.70. The van der Waals surface area contributed by atoms with E-state index in [-0.39, 0.29) is 21.9 Å². The summed E-state index contributed by atoms with van der Waals surface area (Å²) in [6.07, 6.45) is 1.77. The Morgan fingerprint density at radius 3 is 2.62 bits per heavy atom. The summed E-state index contributed by atoms with van der Waals surface area (Å²) in [5, 5.41) is 4.32. The van der Waals surface area contributed by atoms with E-state index in [1.807, 2.05) is 6.92 Å². The van der Waals surface area contributed by atoms with Gasteiger partial charge in [-0.25, -0.2) is 9.07 Å². The molecule has 0 amide bonds. The molecule has 0 unspecified atom stereocenters. The molecular formula is C15H16FN3OS. The van der Waals surface area contributed by atoms with Gasteiger partial charge in [0.05, 0.1) is 11.3 Å². The Morgan fingerprint density at radius 2 is 2.05 bits per heavy atom. The molecule has 0 saturated carbocycles. The van der Waals surface area contributed by atoms with E-state index in [4.69, 9.17) is 18.0 Å². The predicted octanol–water partition coefficient (Wildman–Crippen LogP) is 2.48. The number of rotatable bonds is 5. The minimum absolute atomic E-state index is 0.0380. The molecule has 2 aromatic rings. The fourth-order valence-electron chi connectivity index (χ4n) is 1.94. The third-order valence-electron chi connectivity index (χ3n) is 3.10. The SMILES string of the molecule is CCCCn1nc(-c2ccc(F)cc2)cc(C(N)=S)c1=O. The number of aromatic nitrogens is 2. The average molecular weight is 305 g/mol. The molecule has 110 valence electrons. The predicted molar refractivity (Wildman–Crippen MR) is 84.7 cm³/mol. The van der Waals surface area contributed by atoms with Gasteiger partial charge < -0.3 is 5.73 Å². The summed E-state index contributed by atoms with van der Waals surface area (Å²) in [5.41, 5.74) is 6.84. The van der Waals surface area contributed by atoms with Crippen LogP contribution in [0.2, 0.25) is 0 Å². The van der Waals surface area contributed by atoms with Crippen molar-refractivity contribution in [2.45, 2.75) is 26.3 Å². The average Bonchev–Trinajstić information content (AvgIpc) is 2.47. The van der Waals surface area contributed by atoms with E-state index in [9.17, 15) is 9.18 Å². The van der Waals surface area contributed by atoms with Crippen molar-refractivity contribution in [3.05, 3.63) is 52.1 Å². The van der Waals surface area contributed by atoms with Gasteiger partial charge in [0.25, 0.3) is 5.56 Å². The van der Waals surface area contributed by atoms with Crippen LogP contribution in [-0.4, -0.2) is 14.8 Å². The molecule has 0 aliphatic heterocycles. The summed E-state index contributed by atoms with van der Waals surface area (Å²) >= 11 is 4.93. The minimum Gasteiger partial charge on any atom is -0.389 e. The highest BCUT2D eigenvalue weighted by atomic mass is 32.1. The molecular weight excluding hydrogens is 289 g/mol. The van der Waals surface area contributed by atoms with E-state index in [1.54, 1.807) is 18.2 Å². The molecule has 1 aromatic carbocycles. The fraction of sp³-hybridized carbons (Fsp3) is 0.267. The Morgan fingerprint density at radius 1 is 1.38 bits per heavy atom. The molecule has 1 heterocycles. The molecule has 0 spiro atoms. The summed E-state index contributed by atoms with van der Waals surface area (Å²) in [7, 11) is 0. The molecule has 0 saturated heterocycles. The van der Waals surface area contributed by atoms with Gasteiger partial charge in [0.15, 0.2) is 0 Å². The highest BCUT2D eigenvalue weighted by Gasteiger charge is 2.11. The highest BCUT2D eigenvalue weighted by molar-refractivity contribution is 7.80. The molecule has 0 aliphatic rings. The van der Waals surface area contributed by atoms with Crippen molar-refractivity contribution >= 4 is 17.2 Å². The Bertz CT molecular complexity index is 710. The number of benzene rings is 1. The smallest absolute Gasteiger partial charge is 0.277 e. The summed E-state index contributed by atoms with van der Waals surface area (Å²) in [6.45, 7) is 2.53. The van der Waals surface area contributed by atoms with Gasteiger partial charge in [0.1, 0.15) is 10.8 Å². The zero-order valence-corrected chi connectivity index (χ0v) is 12.5. The zero-order chi connectivity index (χ0) is 15.4. The number of nitrogens with two attached hydrogens (primary N) is 1. The van der Waals surface area contributed by atoms with E-state index in [1.165, 1.54) is 16.8 Å². The molecule has 0 fully saturated rings. The lowest BCUT2D eigenvalue weighted by Crippen LogP contribution is -2.31. The third kappa shape index (κ3) is 3.52. The molecule has 0 atom stereocenters. The van der Waals surface area contributed by atoms with Crippen molar-refractivity contribution in [3.63, 3.8) is 0 Å². The monoisotopic (exact) mass is 305 g/mol. The van der Waals surface area contributed by atoms with Crippen LogP contribution in [0, 0.1) is 5.82 Å². The van der Waals surface area contributed by atoms with Gasteiger partial charge in [-0.2, -0.15) is 5.10 Å². The van der Waals surface area contributed by atoms with Crippen LogP contribution in [0.1, 0.15) is 25.3 Å². The van der Waals surface area contributed by atoms with Crippen molar-refractivity contribution in [1.29, 1.82) is 0 Å². The lowest BCUT2D eigenvalue weighted by molar-refractivity contribution is 0.544. The van der Waals surface area contributed by atoms with Crippen molar-refractivity contribution in [2.75, 3.05) is 0 Å². The maximum absolute atomic E-state index is 13.0. The second-order valence-corrected chi connectivity index (χ2v) is 5.14. The molecule has 0 radical (unpaired) electrons.